The normalized spacial score (nSPS) is 11.0. The number of aryl methyl sites for hydroxylation is 1. The van der Waals surface area contributed by atoms with Crippen LogP contribution < -0.4 is 11.3 Å². The van der Waals surface area contributed by atoms with Crippen LogP contribution in [0.3, 0.4) is 0 Å². The van der Waals surface area contributed by atoms with Gasteiger partial charge in [0.1, 0.15) is 10.7 Å². The molecule has 3 N–H and O–H groups in total. The first-order valence-electron chi connectivity index (χ1n) is 5.35. The number of primary amides is 1. The zero-order chi connectivity index (χ0) is 13.3. The van der Waals surface area contributed by atoms with Crippen molar-refractivity contribution < 1.29 is 9.53 Å². The molecule has 0 radical (unpaired) electrons. The van der Waals surface area contributed by atoms with E-state index in [0.717, 1.165) is 11.3 Å². The number of aromatic amines is 1. The van der Waals surface area contributed by atoms with Crippen LogP contribution in [-0.4, -0.2) is 29.6 Å². The Morgan fingerprint density at radius 2 is 2.28 bits per heavy atom. The van der Waals surface area contributed by atoms with Gasteiger partial charge < -0.3 is 15.5 Å². The van der Waals surface area contributed by atoms with E-state index in [1.165, 1.54) is 0 Å². The van der Waals surface area contributed by atoms with Gasteiger partial charge in [-0.3, -0.25) is 9.59 Å². The second kappa shape index (κ2) is 4.87. The molecule has 6 nitrogen and oxygen atoms in total. The number of hydrogen-bond donors (Lipinski definition) is 2. The Morgan fingerprint density at radius 1 is 1.56 bits per heavy atom. The fourth-order valence-electron chi connectivity index (χ4n) is 1.74. The molecule has 0 aliphatic rings. The number of nitrogens with two attached hydrogens (primary N) is 1. The van der Waals surface area contributed by atoms with Gasteiger partial charge in [0.25, 0.3) is 11.5 Å². The topological polar surface area (TPSA) is 98.1 Å². The lowest BCUT2D eigenvalue weighted by Gasteiger charge is -1.99. The van der Waals surface area contributed by atoms with Gasteiger partial charge in [0.15, 0.2) is 0 Å². The van der Waals surface area contributed by atoms with E-state index in [-0.39, 0.29) is 5.56 Å². The Kier molecular flexibility index (Phi) is 3.44. The maximum atomic E-state index is 11.9. The highest BCUT2D eigenvalue weighted by atomic mass is 32.1. The van der Waals surface area contributed by atoms with Crippen LogP contribution in [0.2, 0.25) is 0 Å². The molecule has 18 heavy (non-hydrogen) atoms. The average molecular weight is 267 g/mol. The molecular formula is C11H13N3O3S. The number of carbonyl (C=O) groups is 1. The maximum Gasteiger partial charge on any atom is 0.259 e. The smallest absolute Gasteiger partial charge is 0.259 e. The van der Waals surface area contributed by atoms with Crippen molar-refractivity contribution in [1.29, 1.82) is 0 Å². The number of amides is 1. The largest absolute Gasteiger partial charge is 0.384 e. The summed E-state index contributed by atoms with van der Waals surface area (Å²) in [5.74, 6) is 0.0139. The lowest BCUT2D eigenvalue weighted by atomic mass is 10.2. The fraction of sp³-hybridized carbons (Fsp3) is 0.364. The summed E-state index contributed by atoms with van der Waals surface area (Å²) in [6.45, 7) is 2.17. The molecule has 0 saturated carbocycles. The van der Waals surface area contributed by atoms with Crippen LogP contribution in [-0.2, 0) is 11.2 Å². The van der Waals surface area contributed by atoms with Gasteiger partial charge in [-0.2, -0.15) is 0 Å². The molecule has 0 unspecified atom stereocenters. The molecule has 2 aromatic rings. The summed E-state index contributed by atoms with van der Waals surface area (Å²) in [6.07, 6.45) is 0.518. The zero-order valence-corrected chi connectivity index (χ0v) is 10.9. The molecule has 0 aliphatic carbocycles. The fourth-order valence-corrected chi connectivity index (χ4v) is 2.79. The number of rotatable bonds is 4. The van der Waals surface area contributed by atoms with Crippen molar-refractivity contribution in [2.24, 2.45) is 5.73 Å². The molecule has 2 rings (SSSR count). The molecule has 7 heteroatoms. The molecule has 0 aliphatic heterocycles. The number of carbonyl (C=O) groups excluding carboxylic acids is 1. The maximum absolute atomic E-state index is 11.9. The first-order chi connectivity index (χ1) is 8.54. The minimum Gasteiger partial charge on any atom is -0.384 e. The summed E-state index contributed by atoms with van der Waals surface area (Å²) < 4.78 is 4.93. The summed E-state index contributed by atoms with van der Waals surface area (Å²) in [5.41, 5.74) is 5.61. The number of thiophene rings is 1. The molecule has 2 heterocycles. The summed E-state index contributed by atoms with van der Waals surface area (Å²) in [4.78, 5) is 31.1. The van der Waals surface area contributed by atoms with E-state index in [2.05, 4.69) is 9.97 Å². The molecule has 0 saturated heterocycles. The minimum atomic E-state index is -0.534. The van der Waals surface area contributed by atoms with E-state index in [1.807, 2.05) is 0 Å². The first kappa shape index (κ1) is 12.7. The Morgan fingerprint density at radius 3 is 2.89 bits per heavy atom. The molecular weight excluding hydrogens is 254 g/mol. The Hall–Kier alpha value is -1.73. The number of H-pyrrole nitrogens is 1. The number of fused-ring (bicyclic) bond motifs is 1. The Bertz CT molecular complexity index is 659. The van der Waals surface area contributed by atoms with Crippen LogP contribution in [0.15, 0.2) is 4.79 Å². The van der Waals surface area contributed by atoms with Crippen molar-refractivity contribution in [3.8, 4) is 0 Å². The highest BCUT2D eigenvalue weighted by Crippen LogP contribution is 2.26. The quantitative estimate of drug-likeness (QED) is 0.846. The zero-order valence-electron chi connectivity index (χ0n) is 10.1. The number of nitrogens with zero attached hydrogens (tertiary/aromatic N) is 1. The number of methoxy groups -OCH3 is 1. The van der Waals surface area contributed by atoms with Gasteiger partial charge in [-0.05, 0) is 12.5 Å². The summed E-state index contributed by atoms with van der Waals surface area (Å²) in [7, 11) is 1.58. The number of aromatic nitrogens is 2. The third-order valence-electron chi connectivity index (χ3n) is 2.62. The molecule has 0 bridgehead atoms. The highest BCUT2D eigenvalue weighted by molar-refractivity contribution is 7.20. The van der Waals surface area contributed by atoms with Crippen molar-refractivity contribution in [3.05, 3.63) is 26.6 Å². The van der Waals surface area contributed by atoms with E-state index < -0.39 is 5.91 Å². The molecule has 0 aromatic carbocycles. The van der Waals surface area contributed by atoms with Crippen molar-refractivity contribution >= 4 is 27.5 Å². The first-order valence-corrected chi connectivity index (χ1v) is 6.17. The van der Waals surface area contributed by atoms with Crippen molar-refractivity contribution in [2.45, 2.75) is 13.3 Å². The van der Waals surface area contributed by atoms with Crippen LogP contribution in [0, 0.1) is 6.92 Å². The van der Waals surface area contributed by atoms with Gasteiger partial charge >= 0.3 is 0 Å². The lowest BCUT2D eigenvalue weighted by molar-refractivity contribution is 0.100. The molecule has 0 atom stereocenters. The SMILES string of the molecule is COCCc1nc2sc(C(N)=O)c(C)c2c(=O)[nH]1. The molecule has 0 fully saturated rings. The van der Waals surface area contributed by atoms with Gasteiger partial charge in [-0.1, -0.05) is 0 Å². The van der Waals surface area contributed by atoms with Crippen molar-refractivity contribution in [1.82, 2.24) is 9.97 Å². The van der Waals surface area contributed by atoms with Crippen molar-refractivity contribution in [2.75, 3.05) is 13.7 Å². The van der Waals surface area contributed by atoms with Crippen LogP contribution >= 0.6 is 11.3 Å². The predicted octanol–water partition coefficient (Wildman–Crippen LogP) is 0.581. The lowest BCUT2D eigenvalue weighted by Crippen LogP contribution is -2.13. The predicted molar refractivity (Wildman–Crippen MR) is 69.1 cm³/mol. The average Bonchev–Trinajstić information content (AvgIpc) is 2.64. The second-order valence-electron chi connectivity index (χ2n) is 3.86. The molecule has 2 aromatic heterocycles. The van der Waals surface area contributed by atoms with Gasteiger partial charge in [0.05, 0.1) is 16.9 Å². The summed E-state index contributed by atoms with van der Waals surface area (Å²) in [5, 5.41) is 0.440. The van der Waals surface area contributed by atoms with Crippen LogP contribution in [0.25, 0.3) is 10.2 Å². The second-order valence-corrected chi connectivity index (χ2v) is 4.86. The third kappa shape index (κ3) is 2.14. The van der Waals surface area contributed by atoms with Crippen LogP contribution in [0.1, 0.15) is 21.1 Å². The number of hydrogen-bond acceptors (Lipinski definition) is 5. The number of ether oxygens (including phenoxy) is 1. The summed E-state index contributed by atoms with van der Waals surface area (Å²) in [6, 6.07) is 0. The van der Waals surface area contributed by atoms with E-state index in [1.54, 1.807) is 14.0 Å². The van der Waals surface area contributed by atoms with Crippen molar-refractivity contribution in [3.63, 3.8) is 0 Å². The van der Waals surface area contributed by atoms with E-state index >= 15 is 0 Å². The number of nitrogens with one attached hydrogen (secondary N) is 1. The molecule has 1 amide bonds. The Labute approximate surface area is 107 Å². The minimum absolute atomic E-state index is 0.243. The highest BCUT2D eigenvalue weighted by Gasteiger charge is 2.17. The third-order valence-corrected chi connectivity index (χ3v) is 3.82. The Balaban J connectivity index is 2.60. The monoisotopic (exact) mass is 267 g/mol. The van der Waals surface area contributed by atoms with E-state index in [4.69, 9.17) is 10.5 Å². The van der Waals surface area contributed by atoms with Gasteiger partial charge in [0, 0.05) is 13.5 Å². The molecule has 96 valence electrons. The van der Waals surface area contributed by atoms with E-state index in [0.29, 0.717) is 39.5 Å². The van der Waals surface area contributed by atoms with Crippen LogP contribution in [0.5, 0.6) is 0 Å². The van der Waals surface area contributed by atoms with E-state index in [9.17, 15) is 9.59 Å². The van der Waals surface area contributed by atoms with Crippen LogP contribution in [0.4, 0.5) is 0 Å². The summed E-state index contributed by atoms with van der Waals surface area (Å²) >= 11 is 1.15. The standard InChI is InChI=1S/C11H13N3O3S/c1-5-7-10(16)13-6(3-4-17-2)14-11(7)18-8(5)9(12)15/h3-4H2,1-2H3,(H2,12,15)(H,13,14,16). The van der Waals surface area contributed by atoms with Gasteiger partial charge in [0.2, 0.25) is 0 Å². The molecule has 0 spiro atoms. The van der Waals surface area contributed by atoms with Gasteiger partial charge in [-0.25, -0.2) is 4.98 Å². The van der Waals surface area contributed by atoms with Gasteiger partial charge in [-0.15, -0.1) is 11.3 Å².